The van der Waals surface area contributed by atoms with E-state index >= 15 is 0 Å². The van der Waals surface area contributed by atoms with Gasteiger partial charge in [0.2, 0.25) is 11.8 Å². The van der Waals surface area contributed by atoms with Crippen molar-refractivity contribution in [1.82, 2.24) is 10.2 Å². The fourth-order valence-electron chi connectivity index (χ4n) is 1.68. The highest BCUT2D eigenvalue weighted by Gasteiger charge is 2.10. The molecule has 0 N–H and O–H groups in total. The highest BCUT2D eigenvalue weighted by atomic mass is 32.2. The first-order valence-corrected chi connectivity index (χ1v) is 8.07. The van der Waals surface area contributed by atoms with E-state index in [-0.39, 0.29) is 0 Å². The third kappa shape index (κ3) is 3.39. The second-order valence-electron chi connectivity index (χ2n) is 3.96. The molecule has 2 aromatic rings. The van der Waals surface area contributed by atoms with Crippen molar-refractivity contribution in [2.45, 2.75) is 6.42 Å². The van der Waals surface area contributed by atoms with E-state index in [1.165, 1.54) is 4.38 Å². The van der Waals surface area contributed by atoms with Crippen LogP contribution in [0, 0.1) is 0 Å². The van der Waals surface area contributed by atoms with Crippen molar-refractivity contribution in [3.8, 4) is 11.5 Å². The van der Waals surface area contributed by atoms with Gasteiger partial charge < -0.3 is 4.42 Å². The number of hydrogen-bond acceptors (Lipinski definition) is 6. The summed E-state index contributed by atoms with van der Waals surface area (Å²) in [6.45, 7) is 0.950. The minimum absolute atomic E-state index is 0.591. The molecule has 0 bridgehead atoms. The molecule has 0 saturated heterocycles. The number of nitrogens with zero attached hydrogens (tertiary/aromatic N) is 3. The predicted octanol–water partition coefficient (Wildman–Crippen LogP) is 3.12. The average Bonchev–Trinajstić information content (AvgIpc) is 3.11. The van der Waals surface area contributed by atoms with Crippen molar-refractivity contribution in [2.24, 2.45) is 4.99 Å². The van der Waals surface area contributed by atoms with Crippen molar-refractivity contribution >= 4 is 27.9 Å². The molecule has 0 spiro atoms. The zero-order valence-corrected chi connectivity index (χ0v) is 11.9. The van der Waals surface area contributed by atoms with E-state index in [2.05, 4.69) is 15.2 Å². The summed E-state index contributed by atoms with van der Waals surface area (Å²) in [5.74, 6) is 3.33. The fourth-order valence-corrected chi connectivity index (χ4v) is 3.69. The third-order valence-electron chi connectivity index (χ3n) is 2.59. The van der Waals surface area contributed by atoms with E-state index in [1.807, 2.05) is 42.1 Å². The molecule has 0 amide bonds. The highest BCUT2D eigenvalue weighted by Crippen LogP contribution is 2.23. The number of aryl methyl sites for hydroxylation is 1. The maximum absolute atomic E-state index is 5.65. The van der Waals surface area contributed by atoms with Crippen LogP contribution in [0.15, 0.2) is 39.7 Å². The summed E-state index contributed by atoms with van der Waals surface area (Å²) in [6, 6.07) is 9.83. The van der Waals surface area contributed by atoms with E-state index in [0.717, 1.165) is 30.0 Å². The van der Waals surface area contributed by atoms with Gasteiger partial charge in [0.15, 0.2) is 0 Å². The Hall–Kier alpha value is -1.27. The first-order chi connectivity index (χ1) is 9.42. The Kier molecular flexibility index (Phi) is 4.20. The van der Waals surface area contributed by atoms with Crippen molar-refractivity contribution in [2.75, 3.05) is 18.1 Å². The number of aliphatic imine (C=N–C) groups is 1. The molecule has 1 aliphatic rings. The lowest BCUT2D eigenvalue weighted by Gasteiger charge is -1.96. The Balaban J connectivity index is 1.56. The van der Waals surface area contributed by atoms with Crippen LogP contribution in [0.2, 0.25) is 0 Å². The van der Waals surface area contributed by atoms with Crippen LogP contribution in [-0.4, -0.2) is 32.6 Å². The molecule has 3 rings (SSSR count). The summed E-state index contributed by atoms with van der Waals surface area (Å²) in [5.41, 5.74) is 0.963. The van der Waals surface area contributed by atoms with E-state index in [4.69, 9.17) is 4.42 Å². The number of thioether (sulfide) groups is 2. The lowest BCUT2D eigenvalue weighted by Crippen LogP contribution is -1.91. The second kappa shape index (κ2) is 6.25. The Morgan fingerprint density at radius 1 is 1.21 bits per heavy atom. The molecule has 2 heterocycles. The minimum Gasteiger partial charge on any atom is -0.421 e. The maximum Gasteiger partial charge on any atom is 0.247 e. The van der Waals surface area contributed by atoms with Gasteiger partial charge in [0.05, 0.1) is 6.54 Å². The quantitative estimate of drug-likeness (QED) is 0.866. The van der Waals surface area contributed by atoms with Gasteiger partial charge in [-0.3, -0.25) is 4.99 Å². The van der Waals surface area contributed by atoms with Crippen molar-refractivity contribution in [3.63, 3.8) is 0 Å². The van der Waals surface area contributed by atoms with E-state index in [0.29, 0.717) is 11.8 Å². The highest BCUT2D eigenvalue weighted by molar-refractivity contribution is 8.39. The van der Waals surface area contributed by atoms with Gasteiger partial charge in [-0.25, -0.2) is 0 Å². The molecule has 19 heavy (non-hydrogen) atoms. The molecule has 1 aromatic carbocycles. The fraction of sp³-hybridized carbons (Fsp3) is 0.308. The van der Waals surface area contributed by atoms with Crippen LogP contribution < -0.4 is 0 Å². The second-order valence-corrected chi connectivity index (χ2v) is 6.39. The normalized spacial score (nSPS) is 14.6. The van der Waals surface area contributed by atoms with Crippen LogP contribution in [0.25, 0.3) is 11.5 Å². The monoisotopic (exact) mass is 291 g/mol. The largest absolute Gasteiger partial charge is 0.421 e. The molecule has 0 aliphatic carbocycles. The van der Waals surface area contributed by atoms with Gasteiger partial charge in [0, 0.05) is 23.5 Å². The van der Waals surface area contributed by atoms with E-state index in [1.54, 1.807) is 11.8 Å². The Labute approximate surface area is 120 Å². The Morgan fingerprint density at radius 3 is 2.89 bits per heavy atom. The van der Waals surface area contributed by atoms with Crippen LogP contribution in [0.4, 0.5) is 0 Å². The van der Waals surface area contributed by atoms with Gasteiger partial charge >= 0.3 is 0 Å². The zero-order chi connectivity index (χ0) is 12.9. The molecule has 1 aliphatic heterocycles. The maximum atomic E-state index is 5.65. The molecular formula is C13H13N3OS2. The lowest BCUT2D eigenvalue weighted by molar-refractivity contribution is 0.514. The standard InChI is InChI=1S/C13H13N3OS2/c1-2-4-10(5-3-1)12-16-15-11(17-12)6-8-18-13-14-7-9-19-13/h1-5H,6-9H2. The van der Waals surface area contributed by atoms with Gasteiger partial charge in [0.1, 0.15) is 4.38 Å². The van der Waals surface area contributed by atoms with Gasteiger partial charge in [-0.05, 0) is 12.1 Å². The van der Waals surface area contributed by atoms with Crippen LogP contribution >= 0.6 is 23.5 Å². The van der Waals surface area contributed by atoms with E-state index < -0.39 is 0 Å². The summed E-state index contributed by atoms with van der Waals surface area (Å²) in [4.78, 5) is 4.40. The summed E-state index contributed by atoms with van der Waals surface area (Å²) in [7, 11) is 0. The summed E-state index contributed by atoms with van der Waals surface area (Å²) in [6.07, 6.45) is 0.782. The molecule has 0 radical (unpaired) electrons. The van der Waals surface area contributed by atoms with Crippen molar-refractivity contribution in [1.29, 1.82) is 0 Å². The molecule has 98 valence electrons. The summed E-state index contributed by atoms with van der Waals surface area (Å²) in [5, 5.41) is 8.16. The van der Waals surface area contributed by atoms with Crippen LogP contribution in [0.3, 0.4) is 0 Å². The topological polar surface area (TPSA) is 51.3 Å². The SMILES string of the molecule is c1ccc(-c2nnc(CCSC3=NCCS3)o2)cc1. The Bertz CT molecular complexity index is 568. The molecule has 4 nitrogen and oxygen atoms in total. The van der Waals surface area contributed by atoms with Crippen LogP contribution in [-0.2, 0) is 6.42 Å². The van der Waals surface area contributed by atoms with Crippen molar-refractivity contribution < 1.29 is 4.42 Å². The molecule has 0 unspecified atom stereocenters. The predicted molar refractivity (Wildman–Crippen MR) is 80.7 cm³/mol. The van der Waals surface area contributed by atoms with Gasteiger partial charge in [-0.2, -0.15) is 0 Å². The smallest absolute Gasteiger partial charge is 0.247 e. The molecule has 1 aromatic heterocycles. The third-order valence-corrected chi connectivity index (χ3v) is 4.84. The Morgan fingerprint density at radius 2 is 2.11 bits per heavy atom. The number of hydrogen-bond donors (Lipinski definition) is 0. The molecule has 0 atom stereocenters. The lowest BCUT2D eigenvalue weighted by atomic mass is 10.2. The molecule has 0 fully saturated rings. The summed E-state index contributed by atoms with van der Waals surface area (Å²) >= 11 is 3.60. The first kappa shape index (κ1) is 12.7. The average molecular weight is 291 g/mol. The summed E-state index contributed by atoms with van der Waals surface area (Å²) < 4.78 is 6.84. The number of benzene rings is 1. The zero-order valence-electron chi connectivity index (χ0n) is 10.3. The van der Waals surface area contributed by atoms with Crippen molar-refractivity contribution in [3.05, 3.63) is 36.2 Å². The molecular weight excluding hydrogens is 278 g/mol. The number of aromatic nitrogens is 2. The van der Waals surface area contributed by atoms with Gasteiger partial charge in [-0.1, -0.05) is 41.7 Å². The van der Waals surface area contributed by atoms with E-state index in [9.17, 15) is 0 Å². The first-order valence-electron chi connectivity index (χ1n) is 6.10. The molecule has 6 heteroatoms. The minimum atomic E-state index is 0.591. The van der Waals surface area contributed by atoms with Gasteiger partial charge in [0.25, 0.3) is 0 Å². The number of rotatable bonds is 4. The van der Waals surface area contributed by atoms with Crippen LogP contribution in [0.1, 0.15) is 5.89 Å². The van der Waals surface area contributed by atoms with Gasteiger partial charge in [-0.15, -0.1) is 10.2 Å². The molecule has 0 saturated carbocycles. The van der Waals surface area contributed by atoms with Crippen LogP contribution in [0.5, 0.6) is 0 Å².